The van der Waals surface area contributed by atoms with Gasteiger partial charge >= 0.3 is 0 Å². The molecule has 0 bridgehead atoms. The largest absolute Gasteiger partial charge is 0.497 e. The average molecular weight is 313 g/mol. The molecule has 0 saturated heterocycles. The molecule has 124 valence electrons. The fraction of sp³-hybridized carbons (Fsp3) is 0.400. The van der Waals surface area contributed by atoms with Crippen molar-refractivity contribution in [1.29, 1.82) is 0 Å². The summed E-state index contributed by atoms with van der Waals surface area (Å²) in [7, 11) is 1.69. The third-order valence-corrected chi connectivity index (χ3v) is 4.08. The van der Waals surface area contributed by atoms with E-state index in [1.54, 1.807) is 7.11 Å². The van der Waals surface area contributed by atoms with Gasteiger partial charge in [-0.1, -0.05) is 25.1 Å². The van der Waals surface area contributed by atoms with Crippen LogP contribution in [0.25, 0.3) is 0 Å². The standard InChI is InChI=1S/C20H27NO2/c1-4-11-23-18-7-5-16(6-8-18)13-17(14-21)20-10-9-19(22-3)12-15(20)2/h5-10,12,17H,4,11,13-14,21H2,1-3H3. The first kappa shape index (κ1) is 17.4. The monoisotopic (exact) mass is 313 g/mol. The number of rotatable bonds is 8. The zero-order valence-electron chi connectivity index (χ0n) is 14.3. The Labute approximate surface area is 139 Å². The van der Waals surface area contributed by atoms with E-state index in [9.17, 15) is 0 Å². The summed E-state index contributed by atoms with van der Waals surface area (Å²) in [5.41, 5.74) is 9.83. The second kappa shape index (κ2) is 8.59. The highest BCUT2D eigenvalue weighted by atomic mass is 16.5. The molecule has 0 aliphatic rings. The third-order valence-electron chi connectivity index (χ3n) is 4.08. The number of hydrogen-bond acceptors (Lipinski definition) is 3. The average Bonchev–Trinajstić information content (AvgIpc) is 2.59. The minimum absolute atomic E-state index is 0.309. The SMILES string of the molecule is CCCOc1ccc(CC(CN)c2ccc(OC)cc2C)cc1. The molecule has 3 heteroatoms. The lowest BCUT2D eigenvalue weighted by atomic mass is 9.89. The molecular weight excluding hydrogens is 286 g/mol. The van der Waals surface area contributed by atoms with Crippen LogP contribution in [0, 0.1) is 6.92 Å². The molecule has 2 N–H and O–H groups in total. The van der Waals surface area contributed by atoms with Crippen molar-refractivity contribution in [3.63, 3.8) is 0 Å². The van der Waals surface area contributed by atoms with Crippen molar-refractivity contribution < 1.29 is 9.47 Å². The van der Waals surface area contributed by atoms with Crippen LogP contribution < -0.4 is 15.2 Å². The molecule has 3 nitrogen and oxygen atoms in total. The predicted molar refractivity (Wildman–Crippen MR) is 95.5 cm³/mol. The molecule has 0 aliphatic carbocycles. The predicted octanol–water partition coefficient (Wildman–Crippen LogP) is 4.08. The van der Waals surface area contributed by atoms with Gasteiger partial charge in [-0.2, -0.15) is 0 Å². The molecule has 0 radical (unpaired) electrons. The Morgan fingerprint density at radius 1 is 1.04 bits per heavy atom. The van der Waals surface area contributed by atoms with E-state index >= 15 is 0 Å². The van der Waals surface area contributed by atoms with E-state index in [0.29, 0.717) is 12.5 Å². The molecule has 0 heterocycles. The van der Waals surface area contributed by atoms with E-state index < -0.39 is 0 Å². The minimum Gasteiger partial charge on any atom is -0.497 e. The maximum atomic E-state index is 6.03. The lowest BCUT2D eigenvalue weighted by molar-refractivity contribution is 0.317. The van der Waals surface area contributed by atoms with Crippen molar-refractivity contribution in [2.45, 2.75) is 32.6 Å². The highest BCUT2D eigenvalue weighted by molar-refractivity contribution is 5.38. The smallest absolute Gasteiger partial charge is 0.119 e. The fourth-order valence-electron chi connectivity index (χ4n) is 2.78. The first-order valence-electron chi connectivity index (χ1n) is 8.24. The summed E-state index contributed by atoms with van der Waals surface area (Å²) in [5.74, 6) is 2.13. The Balaban J connectivity index is 2.10. The first-order chi connectivity index (χ1) is 11.2. The Morgan fingerprint density at radius 3 is 2.30 bits per heavy atom. The van der Waals surface area contributed by atoms with Gasteiger partial charge in [0.2, 0.25) is 0 Å². The van der Waals surface area contributed by atoms with Gasteiger partial charge in [0.1, 0.15) is 11.5 Å². The molecule has 0 amide bonds. The summed E-state index contributed by atoms with van der Waals surface area (Å²) in [6, 6.07) is 14.6. The normalized spacial score (nSPS) is 12.0. The van der Waals surface area contributed by atoms with Crippen LogP contribution in [0.1, 0.15) is 36.0 Å². The van der Waals surface area contributed by atoms with E-state index in [1.165, 1.54) is 16.7 Å². The topological polar surface area (TPSA) is 44.5 Å². The van der Waals surface area contributed by atoms with Gasteiger partial charge in [0, 0.05) is 5.92 Å². The molecule has 0 aromatic heterocycles. The molecule has 0 fully saturated rings. The number of methoxy groups -OCH3 is 1. The van der Waals surface area contributed by atoms with Crippen molar-refractivity contribution in [1.82, 2.24) is 0 Å². The van der Waals surface area contributed by atoms with Crippen LogP contribution in [0.5, 0.6) is 11.5 Å². The Hall–Kier alpha value is -2.00. The number of benzene rings is 2. The molecule has 2 rings (SSSR count). The van der Waals surface area contributed by atoms with Crippen molar-refractivity contribution in [3.05, 3.63) is 59.2 Å². The van der Waals surface area contributed by atoms with Gasteiger partial charge in [0.25, 0.3) is 0 Å². The number of hydrogen-bond donors (Lipinski definition) is 1. The number of ether oxygens (including phenoxy) is 2. The minimum atomic E-state index is 0.309. The zero-order valence-corrected chi connectivity index (χ0v) is 14.3. The van der Waals surface area contributed by atoms with Gasteiger partial charge in [-0.3, -0.25) is 0 Å². The molecule has 2 aromatic rings. The van der Waals surface area contributed by atoms with Crippen LogP contribution in [-0.2, 0) is 6.42 Å². The lowest BCUT2D eigenvalue weighted by Crippen LogP contribution is -2.16. The first-order valence-corrected chi connectivity index (χ1v) is 8.24. The Morgan fingerprint density at radius 2 is 1.74 bits per heavy atom. The molecule has 23 heavy (non-hydrogen) atoms. The van der Waals surface area contributed by atoms with Gasteiger partial charge in [-0.05, 0) is 67.3 Å². The van der Waals surface area contributed by atoms with Gasteiger partial charge in [-0.25, -0.2) is 0 Å². The van der Waals surface area contributed by atoms with Crippen molar-refractivity contribution in [2.24, 2.45) is 5.73 Å². The van der Waals surface area contributed by atoms with Crippen molar-refractivity contribution in [2.75, 3.05) is 20.3 Å². The molecular formula is C20H27NO2. The van der Waals surface area contributed by atoms with Crippen LogP contribution in [-0.4, -0.2) is 20.3 Å². The van der Waals surface area contributed by atoms with Gasteiger partial charge in [-0.15, -0.1) is 0 Å². The summed E-state index contributed by atoms with van der Waals surface area (Å²) < 4.78 is 10.9. The third kappa shape index (κ3) is 4.73. The fourth-order valence-corrected chi connectivity index (χ4v) is 2.78. The molecule has 0 spiro atoms. The summed E-state index contributed by atoms with van der Waals surface area (Å²) in [5, 5.41) is 0. The lowest BCUT2D eigenvalue weighted by Gasteiger charge is -2.18. The molecule has 2 aromatic carbocycles. The van der Waals surface area contributed by atoms with E-state index in [1.807, 2.05) is 18.2 Å². The quantitative estimate of drug-likeness (QED) is 0.798. The maximum absolute atomic E-state index is 6.03. The number of aryl methyl sites for hydroxylation is 1. The summed E-state index contributed by atoms with van der Waals surface area (Å²) >= 11 is 0. The molecule has 0 saturated carbocycles. The molecule has 1 atom stereocenters. The van der Waals surface area contributed by atoms with Crippen LogP contribution in [0.15, 0.2) is 42.5 Å². The van der Waals surface area contributed by atoms with Crippen molar-refractivity contribution >= 4 is 0 Å². The highest BCUT2D eigenvalue weighted by Gasteiger charge is 2.14. The van der Waals surface area contributed by atoms with Gasteiger partial charge < -0.3 is 15.2 Å². The summed E-state index contributed by atoms with van der Waals surface area (Å²) in [6.07, 6.45) is 1.95. The van der Waals surface area contributed by atoms with Crippen LogP contribution in [0.4, 0.5) is 0 Å². The second-order valence-corrected chi connectivity index (χ2v) is 5.85. The van der Waals surface area contributed by atoms with Gasteiger partial charge in [0.15, 0.2) is 0 Å². The van der Waals surface area contributed by atoms with Crippen LogP contribution in [0.3, 0.4) is 0 Å². The summed E-state index contributed by atoms with van der Waals surface area (Å²) in [6.45, 7) is 5.61. The maximum Gasteiger partial charge on any atom is 0.119 e. The number of nitrogens with two attached hydrogens (primary N) is 1. The van der Waals surface area contributed by atoms with Crippen LogP contribution >= 0.6 is 0 Å². The summed E-state index contributed by atoms with van der Waals surface area (Å²) in [4.78, 5) is 0. The van der Waals surface area contributed by atoms with E-state index in [0.717, 1.165) is 30.9 Å². The zero-order chi connectivity index (χ0) is 16.7. The Kier molecular flexibility index (Phi) is 6.48. The molecule has 0 aliphatic heterocycles. The highest BCUT2D eigenvalue weighted by Crippen LogP contribution is 2.27. The van der Waals surface area contributed by atoms with E-state index in [2.05, 4.69) is 38.1 Å². The van der Waals surface area contributed by atoms with E-state index in [4.69, 9.17) is 15.2 Å². The van der Waals surface area contributed by atoms with E-state index in [-0.39, 0.29) is 0 Å². The molecule has 1 unspecified atom stereocenters. The second-order valence-electron chi connectivity index (χ2n) is 5.85. The Bertz CT molecular complexity index is 608. The van der Waals surface area contributed by atoms with Gasteiger partial charge in [0.05, 0.1) is 13.7 Å². The van der Waals surface area contributed by atoms with Crippen molar-refractivity contribution in [3.8, 4) is 11.5 Å². The van der Waals surface area contributed by atoms with Crippen LogP contribution in [0.2, 0.25) is 0 Å².